The molecule has 0 atom stereocenters. The molecule has 5 nitrogen and oxygen atoms in total. The van der Waals surface area contributed by atoms with Crippen LogP contribution >= 0.6 is 0 Å². The zero-order valence-corrected chi connectivity index (χ0v) is 17.8. The maximum Gasteiger partial charge on any atom is 0.414 e. The van der Waals surface area contributed by atoms with Crippen LogP contribution in [0.15, 0.2) is 49.0 Å². The fourth-order valence-corrected chi connectivity index (χ4v) is 2.62. The van der Waals surface area contributed by atoms with Crippen LogP contribution in [0.25, 0.3) is 6.08 Å². The van der Waals surface area contributed by atoms with Gasteiger partial charge in [-0.05, 0) is 52.1 Å². The number of benzene rings is 2. The molecule has 1 amide bonds. The second kappa shape index (κ2) is 11.2. The van der Waals surface area contributed by atoms with Gasteiger partial charge in [0.1, 0.15) is 17.2 Å². The quantitative estimate of drug-likeness (QED) is 0.654. The third-order valence-corrected chi connectivity index (χ3v) is 3.90. The summed E-state index contributed by atoms with van der Waals surface area (Å²) in [6.45, 7) is 9.38. The third-order valence-electron chi connectivity index (χ3n) is 3.90. The maximum absolute atomic E-state index is 12.5. The van der Waals surface area contributed by atoms with Gasteiger partial charge < -0.3 is 15.9 Å². The van der Waals surface area contributed by atoms with Gasteiger partial charge in [0.2, 0.25) is 0 Å². The molecular formula is C23H29F2N3O2. The van der Waals surface area contributed by atoms with E-state index in [9.17, 15) is 13.6 Å². The van der Waals surface area contributed by atoms with Crippen LogP contribution in [0.4, 0.5) is 19.3 Å². The number of rotatable bonds is 1. The van der Waals surface area contributed by atoms with E-state index in [0.29, 0.717) is 18.7 Å². The van der Waals surface area contributed by atoms with Crippen LogP contribution in [0, 0.1) is 17.0 Å². The van der Waals surface area contributed by atoms with Gasteiger partial charge >= 0.3 is 6.09 Å². The average Bonchev–Trinajstić information content (AvgIpc) is 2.71. The van der Waals surface area contributed by atoms with Crippen molar-refractivity contribution in [3.63, 3.8) is 0 Å². The van der Waals surface area contributed by atoms with Crippen molar-refractivity contribution in [2.75, 3.05) is 18.5 Å². The van der Waals surface area contributed by atoms with Gasteiger partial charge in [-0.25, -0.2) is 13.6 Å². The Kier molecular flexibility index (Phi) is 9.33. The minimum Gasteiger partial charge on any atom is -0.443 e. The van der Waals surface area contributed by atoms with Gasteiger partial charge in [0.25, 0.3) is 0 Å². The Morgan fingerprint density at radius 2 is 1.83 bits per heavy atom. The van der Waals surface area contributed by atoms with E-state index in [4.69, 9.17) is 10.1 Å². The molecule has 1 aliphatic rings. The second-order valence-electron chi connectivity index (χ2n) is 7.25. The number of fused-ring (bicyclic) bond motifs is 1. The summed E-state index contributed by atoms with van der Waals surface area (Å²) in [6.07, 6.45) is 1.50. The van der Waals surface area contributed by atoms with Crippen molar-refractivity contribution in [2.24, 2.45) is 5.73 Å². The summed E-state index contributed by atoms with van der Waals surface area (Å²) in [6, 6.07) is 10.7. The van der Waals surface area contributed by atoms with Crippen molar-refractivity contribution in [1.82, 2.24) is 0 Å². The predicted molar refractivity (Wildman–Crippen MR) is 118 cm³/mol. The SMILES string of the molecule is C=Cc1cc(F)ccc1F.CC(C)(C)OC(=O)N1CCC(=N)c2ccccc21.CN. The summed E-state index contributed by atoms with van der Waals surface area (Å²) in [5.41, 5.74) is 6.35. The van der Waals surface area contributed by atoms with Crippen LogP contribution in [-0.2, 0) is 4.74 Å². The van der Waals surface area contributed by atoms with Crippen molar-refractivity contribution in [3.05, 3.63) is 71.8 Å². The molecule has 1 aliphatic heterocycles. The van der Waals surface area contributed by atoms with Crippen LogP contribution in [0.2, 0.25) is 0 Å². The molecule has 162 valence electrons. The molecule has 0 unspecified atom stereocenters. The topological polar surface area (TPSA) is 79.4 Å². The van der Waals surface area contributed by atoms with E-state index in [-0.39, 0.29) is 11.7 Å². The Hall–Kier alpha value is -3.06. The molecule has 0 saturated heterocycles. The van der Waals surface area contributed by atoms with E-state index in [1.807, 2.05) is 45.0 Å². The number of hydrogen-bond donors (Lipinski definition) is 2. The molecular weight excluding hydrogens is 388 g/mol. The van der Waals surface area contributed by atoms with Crippen molar-refractivity contribution in [2.45, 2.75) is 32.8 Å². The summed E-state index contributed by atoms with van der Waals surface area (Å²) in [7, 11) is 1.50. The fraction of sp³-hybridized carbons (Fsp3) is 0.304. The summed E-state index contributed by atoms with van der Waals surface area (Å²) in [5.74, 6) is -0.896. The zero-order chi connectivity index (χ0) is 22.9. The molecule has 1 heterocycles. The summed E-state index contributed by atoms with van der Waals surface area (Å²) < 4.78 is 30.2. The number of nitrogens with one attached hydrogen (secondary N) is 1. The highest BCUT2D eigenvalue weighted by molar-refractivity contribution is 6.08. The van der Waals surface area contributed by atoms with E-state index >= 15 is 0 Å². The number of para-hydroxylation sites is 1. The fourth-order valence-electron chi connectivity index (χ4n) is 2.62. The Morgan fingerprint density at radius 3 is 2.40 bits per heavy atom. The number of nitrogens with zero attached hydrogens (tertiary/aromatic N) is 1. The largest absolute Gasteiger partial charge is 0.443 e. The number of ether oxygens (including phenoxy) is 1. The lowest BCUT2D eigenvalue weighted by atomic mass is 10.0. The van der Waals surface area contributed by atoms with E-state index < -0.39 is 17.2 Å². The number of amides is 1. The van der Waals surface area contributed by atoms with Gasteiger partial charge in [-0.15, -0.1) is 0 Å². The van der Waals surface area contributed by atoms with Gasteiger partial charge in [-0.3, -0.25) is 4.90 Å². The van der Waals surface area contributed by atoms with Gasteiger partial charge in [-0.1, -0.05) is 30.9 Å². The number of halogens is 2. The Labute approximate surface area is 176 Å². The van der Waals surface area contributed by atoms with Gasteiger partial charge in [0.15, 0.2) is 0 Å². The number of anilines is 1. The van der Waals surface area contributed by atoms with Gasteiger partial charge in [-0.2, -0.15) is 0 Å². The molecule has 0 spiro atoms. The van der Waals surface area contributed by atoms with E-state index in [2.05, 4.69) is 12.3 Å². The van der Waals surface area contributed by atoms with Crippen LogP contribution in [0.3, 0.4) is 0 Å². The van der Waals surface area contributed by atoms with Crippen molar-refractivity contribution >= 4 is 23.6 Å². The lowest BCUT2D eigenvalue weighted by molar-refractivity contribution is 0.0580. The van der Waals surface area contributed by atoms with Crippen LogP contribution in [0.1, 0.15) is 38.3 Å². The average molecular weight is 418 g/mol. The van der Waals surface area contributed by atoms with Crippen molar-refractivity contribution in [1.29, 1.82) is 5.41 Å². The smallest absolute Gasteiger partial charge is 0.414 e. The van der Waals surface area contributed by atoms with Gasteiger partial charge in [0, 0.05) is 29.8 Å². The number of hydrogen-bond acceptors (Lipinski definition) is 4. The molecule has 2 aromatic rings. The van der Waals surface area contributed by atoms with E-state index in [0.717, 1.165) is 29.4 Å². The van der Waals surface area contributed by atoms with E-state index in [1.165, 1.54) is 13.1 Å². The molecule has 0 radical (unpaired) electrons. The molecule has 3 N–H and O–H groups in total. The first kappa shape index (κ1) is 25.0. The van der Waals surface area contributed by atoms with Crippen LogP contribution < -0.4 is 10.6 Å². The van der Waals surface area contributed by atoms with E-state index in [1.54, 1.807) is 4.90 Å². The first-order valence-electron chi connectivity index (χ1n) is 9.45. The Morgan fingerprint density at radius 1 is 1.20 bits per heavy atom. The number of carbonyl (C=O) groups excluding carboxylic acids is 1. The van der Waals surface area contributed by atoms with Crippen molar-refractivity contribution in [3.8, 4) is 0 Å². The first-order chi connectivity index (χ1) is 14.1. The molecule has 7 heteroatoms. The number of carbonyl (C=O) groups is 1. The predicted octanol–water partition coefficient (Wildman–Crippen LogP) is 5.38. The molecule has 30 heavy (non-hydrogen) atoms. The Balaban J connectivity index is 0.000000318. The highest BCUT2D eigenvalue weighted by Crippen LogP contribution is 2.28. The van der Waals surface area contributed by atoms with Crippen LogP contribution in [-0.4, -0.2) is 31.0 Å². The monoisotopic (exact) mass is 417 g/mol. The summed E-state index contributed by atoms with van der Waals surface area (Å²) in [4.78, 5) is 13.7. The molecule has 3 rings (SSSR count). The summed E-state index contributed by atoms with van der Waals surface area (Å²) >= 11 is 0. The lowest BCUT2D eigenvalue weighted by Gasteiger charge is -2.31. The highest BCUT2D eigenvalue weighted by Gasteiger charge is 2.28. The maximum atomic E-state index is 12.5. The van der Waals surface area contributed by atoms with Crippen molar-refractivity contribution < 1.29 is 18.3 Å². The Bertz CT molecular complexity index is 892. The third kappa shape index (κ3) is 7.08. The molecule has 0 aliphatic carbocycles. The molecule has 0 fully saturated rings. The highest BCUT2D eigenvalue weighted by atomic mass is 19.1. The molecule has 0 aromatic heterocycles. The minimum absolute atomic E-state index is 0.194. The standard InChI is InChI=1S/C14H18N2O2.C8H6F2.CH5N/c1-14(2,3)18-13(17)16-9-8-11(15)10-6-4-5-7-12(10)16;1-2-6-5-7(9)3-4-8(6)10;1-2/h4-7,15H,8-9H2,1-3H3;2-5H,1H2;2H2,1H3. The molecule has 2 aromatic carbocycles. The molecule has 0 saturated carbocycles. The zero-order valence-electron chi connectivity index (χ0n) is 17.8. The normalized spacial score (nSPS) is 12.5. The first-order valence-corrected chi connectivity index (χ1v) is 9.45. The second-order valence-corrected chi connectivity index (χ2v) is 7.25. The lowest BCUT2D eigenvalue weighted by Crippen LogP contribution is -2.41. The van der Waals surface area contributed by atoms with Crippen LogP contribution in [0.5, 0.6) is 0 Å². The number of nitrogens with two attached hydrogens (primary N) is 1. The minimum atomic E-state index is -0.503. The molecule has 0 bridgehead atoms. The summed E-state index contributed by atoms with van der Waals surface area (Å²) in [5, 5.41) is 7.90. The van der Waals surface area contributed by atoms with Gasteiger partial charge in [0.05, 0.1) is 5.69 Å².